The van der Waals surface area contributed by atoms with Crippen molar-refractivity contribution in [2.45, 2.75) is 50.7 Å². The van der Waals surface area contributed by atoms with Crippen molar-refractivity contribution in [2.75, 3.05) is 20.3 Å². The zero-order chi connectivity index (χ0) is 10.4. The summed E-state index contributed by atoms with van der Waals surface area (Å²) in [5.74, 6) is 0. The lowest BCUT2D eigenvalue weighted by molar-refractivity contribution is 0.0933. The number of nitrogens with one attached hydrogen (secondary N) is 1. The van der Waals surface area contributed by atoms with Crippen LogP contribution >= 0.6 is 0 Å². The van der Waals surface area contributed by atoms with Gasteiger partial charge < -0.3 is 10.1 Å². The molecular formula is C11H22FNO. The Balaban J connectivity index is 2.21. The van der Waals surface area contributed by atoms with Crippen LogP contribution in [0.25, 0.3) is 0 Å². The molecule has 84 valence electrons. The van der Waals surface area contributed by atoms with Crippen LogP contribution in [0.15, 0.2) is 0 Å². The van der Waals surface area contributed by atoms with E-state index in [4.69, 9.17) is 4.74 Å². The minimum Gasteiger partial charge on any atom is -0.383 e. The molecule has 1 aliphatic carbocycles. The van der Waals surface area contributed by atoms with Crippen LogP contribution in [-0.2, 0) is 4.74 Å². The van der Waals surface area contributed by atoms with Crippen LogP contribution in [0, 0.1) is 0 Å². The number of alkyl halides is 1. The molecule has 1 aliphatic rings. The number of hydrogen-bond donors (Lipinski definition) is 1. The van der Waals surface area contributed by atoms with Gasteiger partial charge in [0.05, 0.1) is 6.61 Å². The van der Waals surface area contributed by atoms with E-state index in [-0.39, 0.29) is 6.04 Å². The molecule has 0 heterocycles. The second-order valence-corrected chi connectivity index (χ2v) is 4.45. The van der Waals surface area contributed by atoms with Gasteiger partial charge in [-0.1, -0.05) is 19.3 Å². The SMILES string of the molecule is COCC(C)NCC1(F)CCCCC1. The molecule has 1 saturated carbocycles. The van der Waals surface area contributed by atoms with Crippen molar-refractivity contribution in [2.24, 2.45) is 0 Å². The summed E-state index contributed by atoms with van der Waals surface area (Å²) in [6.45, 7) is 3.16. The van der Waals surface area contributed by atoms with E-state index in [0.29, 0.717) is 13.2 Å². The monoisotopic (exact) mass is 203 g/mol. The van der Waals surface area contributed by atoms with Crippen LogP contribution in [-0.4, -0.2) is 32.0 Å². The molecule has 3 heteroatoms. The summed E-state index contributed by atoms with van der Waals surface area (Å²) in [7, 11) is 1.67. The highest BCUT2D eigenvalue weighted by atomic mass is 19.1. The maximum absolute atomic E-state index is 14.1. The van der Waals surface area contributed by atoms with E-state index < -0.39 is 5.67 Å². The summed E-state index contributed by atoms with van der Waals surface area (Å²) in [6, 6.07) is 0.245. The van der Waals surface area contributed by atoms with E-state index in [1.807, 2.05) is 6.92 Å². The first-order chi connectivity index (χ1) is 6.66. The van der Waals surface area contributed by atoms with Crippen LogP contribution in [0.5, 0.6) is 0 Å². The molecule has 0 aliphatic heterocycles. The minimum atomic E-state index is -0.958. The molecule has 1 unspecified atom stereocenters. The third-order valence-electron chi connectivity index (χ3n) is 2.93. The van der Waals surface area contributed by atoms with Gasteiger partial charge in [-0.3, -0.25) is 0 Å². The average Bonchev–Trinajstić information content (AvgIpc) is 2.17. The quantitative estimate of drug-likeness (QED) is 0.740. The summed E-state index contributed by atoms with van der Waals surface area (Å²) in [4.78, 5) is 0. The van der Waals surface area contributed by atoms with E-state index in [1.165, 1.54) is 6.42 Å². The number of methoxy groups -OCH3 is 1. The van der Waals surface area contributed by atoms with Gasteiger partial charge in [0.1, 0.15) is 5.67 Å². The zero-order valence-electron chi connectivity index (χ0n) is 9.31. The van der Waals surface area contributed by atoms with Crippen molar-refractivity contribution in [3.63, 3.8) is 0 Å². The van der Waals surface area contributed by atoms with Crippen LogP contribution in [0.1, 0.15) is 39.0 Å². The second kappa shape index (κ2) is 5.66. The molecule has 1 atom stereocenters. The van der Waals surface area contributed by atoms with Crippen LogP contribution in [0.2, 0.25) is 0 Å². The van der Waals surface area contributed by atoms with E-state index >= 15 is 0 Å². The highest BCUT2D eigenvalue weighted by molar-refractivity contribution is 4.85. The molecule has 0 aromatic carbocycles. The molecule has 0 aromatic heterocycles. The Morgan fingerprint density at radius 2 is 2.00 bits per heavy atom. The fourth-order valence-electron chi connectivity index (χ4n) is 2.03. The summed E-state index contributed by atoms with van der Waals surface area (Å²) in [5.41, 5.74) is -0.958. The maximum atomic E-state index is 14.1. The zero-order valence-corrected chi connectivity index (χ0v) is 9.31. The van der Waals surface area contributed by atoms with E-state index in [1.54, 1.807) is 7.11 Å². The number of ether oxygens (including phenoxy) is 1. The largest absolute Gasteiger partial charge is 0.383 e. The van der Waals surface area contributed by atoms with Gasteiger partial charge in [0, 0.05) is 19.7 Å². The molecule has 1 N–H and O–H groups in total. The predicted molar refractivity (Wildman–Crippen MR) is 56.3 cm³/mol. The Labute approximate surface area is 86.2 Å². The normalized spacial score (nSPS) is 23.4. The van der Waals surface area contributed by atoms with E-state index in [0.717, 1.165) is 25.7 Å². The molecule has 1 rings (SSSR count). The van der Waals surface area contributed by atoms with Crippen LogP contribution in [0.3, 0.4) is 0 Å². The topological polar surface area (TPSA) is 21.3 Å². The van der Waals surface area contributed by atoms with Gasteiger partial charge in [0.2, 0.25) is 0 Å². The van der Waals surface area contributed by atoms with Crippen molar-refractivity contribution in [3.8, 4) is 0 Å². The van der Waals surface area contributed by atoms with Gasteiger partial charge in [0.25, 0.3) is 0 Å². The average molecular weight is 203 g/mol. The molecule has 0 saturated heterocycles. The third-order valence-corrected chi connectivity index (χ3v) is 2.93. The molecule has 0 bridgehead atoms. The van der Waals surface area contributed by atoms with Crippen LogP contribution in [0.4, 0.5) is 4.39 Å². The second-order valence-electron chi connectivity index (χ2n) is 4.45. The first kappa shape index (κ1) is 11.9. The fourth-order valence-corrected chi connectivity index (χ4v) is 2.03. The number of rotatable bonds is 5. The first-order valence-corrected chi connectivity index (χ1v) is 5.57. The number of hydrogen-bond acceptors (Lipinski definition) is 2. The van der Waals surface area contributed by atoms with E-state index in [2.05, 4.69) is 5.32 Å². The lowest BCUT2D eigenvalue weighted by Crippen LogP contribution is -2.43. The van der Waals surface area contributed by atoms with Crippen molar-refractivity contribution in [3.05, 3.63) is 0 Å². The Bertz CT molecular complexity index is 157. The lowest BCUT2D eigenvalue weighted by atomic mass is 9.86. The smallest absolute Gasteiger partial charge is 0.123 e. The fraction of sp³-hybridized carbons (Fsp3) is 1.00. The minimum absolute atomic E-state index is 0.245. The van der Waals surface area contributed by atoms with Crippen molar-refractivity contribution in [1.29, 1.82) is 0 Å². The lowest BCUT2D eigenvalue weighted by Gasteiger charge is -2.30. The molecule has 0 radical (unpaired) electrons. The van der Waals surface area contributed by atoms with Gasteiger partial charge in [-0.25, -0.2) is 4.39 Å². The molecule has 0 aromatic rings. The Morgan fingerprint density at radius 3 is 2.57 bits per heavy atom. The Hall–Kier alpha value is -0.150. The van der Waals surface area contributed by atoms with Gasteiger partial charge in [-0.2, -0.15) is 0 Å². The summed E-state index contributed by atoms with van der Waals surface area (Å²) in [6.07, 6.45) is 4.71. The number of halogens is 1. The summed E-state index contributed by atoms with van der Waals surface area (Å²) in [5, 5.41) is 3.19. The Morgan fingerprint density at radius 1 is 1.36 bits per heavy atom. The standard InChI is InChI=1S/C11H22FNO/c1-10(8-14-2)13-9-11(12)6-4-3-5-7-11/h10,13H,3-9H2,1-2H3. The highest BCUT2D eigenvalue weighted by Gasteiger charge is 2.31. The van der Waals surface area contributed by atoms with E-state index in [9.17, 15) is 4.39 Å². The molecule has 2 nitrogen and oxygen atoms in total. The summed E-state index contributed by atoms with van der Waals surface area (Å²) >= 11 is 0. The van der Waals surface area contributed by atoms with Crippen LogP contribution < -0.4 is 5.32 Å². The Kier molecular flexibility index (Phi) is 4.82. The van der Waals surface area contributed by atoms with Gasteiger partial charge in [-0.05, 0) is 19.8 Å². The molecular weight excluding hydrogens is 181 g/mol. The summed E-state index contributed by atoms with van der Waals surface area (Å²) < 4.78 is 19.1. The maximum Gasteiger partial charge on any atom is 0.123 e. The van der Waals surface area contributed by atoms with Gasteiger partial charge >= 0.3 is 0 Å². The highest BCUT2D eigenvalue weighted by Crippen LogP contribution is 2.31. The van der Waals surface area contributed by atoms with Crippen molar-refractivity contribution in [1.82, 2.24) is 5.32 Å². The molecule has 14 heavy (non-hydrogen) atoms. The van der Waals surface area contributed by atoms with Crippen molar-refractivity contribution < 1.29 is 9.13 Å². The molecule has 0 spiro atoms. The third kappa shape index (κ3) is 3.93. The van der Waals surface area contributed by atoms with Crippen molar-refractivity contribution >= 4 is 0 Å². The predicted octanol–water partition coefficient (Wildman–Crippen LogP) is 2.28. The van der Waals surface area contributed by atoms with Gasteiger partial charge in [-0.15, -0.1) is 0 Å². The molecule has 0 amide bonds. The van der Waals surface area contributed by atoms with Gasteiger partial charge in [0.15, 0.2) is 0 Å². The molecule has 1 fully saturated rings. The first-order valence-electron chi connectivity index (χ1n) is 5.57.